The second kappa shape index (κ2) is 11.5. The summed E-state index contributed by atoms with van der Waals surface area (Å²) in [6.07, 6.45) is 7.03. The Hall–Kier alpha value is -6.59. The number of rotatable bonds is 5. The van der Waals surface area contributed by atoms with Gasteiger partial charge in [-0.15, -0.1) is 0 Å². The lowest BCUT2D eigenvalue weighted by Crippen LogP contribution is -2.31. The first kappa shape index (κ1) is 28.4. The van der Waals surface area contributed by atoms with E-state index >= 15 is 0 Å². The van der Waals surface area contributed by atoms with Gasteiger partial charge in [-0.25, -0.2) is 4.98 Å². The van der Waals surface area contributed by atoms with E-state index in [2.05, 4.69) is 161 Å². The number of benzene rings is 6. The number of aromatic nitrogens is 4. The minimum Gasteiger partial charge on any atom is -0.310 e. The Morgan fingerprint density at radius 3 is 1.66 bits per heavy atom. The maximum atomic E-state index is 5.23. The zero-order valence-corrected chi connectivity index (χ0v) is 27.1. The van der Waals surface area contributed by atoms with Crippen molar-refractivity contribution in [2.75, 3.05) is 4.90 Å². The van der Waals surface area contributed by atoms with Crippen molar-refractivity contribution in [2.45, 2.75) is 12.0 Å². The Morgan fingerprint density at radius 1 is 0.460 bits per heavy atom. The van der Waals surface area contributed by atoms with E-state index in [4.69, 9.17) is 15.0 Å². The molecular formula is C45H31N5. The highest BCUT2D eigenvalue weighted by Gasteiger charge is 2.40. The summed E-state index contributed by atoms with van der Waals surface area (Å²) in [5.41, 5.74) is 10.1. The molecule has 2 aliphatic rings. The van der Waals surface area contributed by atoms with Gasteiger partial charge in [-0.3, -0.25) is 0 Å². The van der Waals surface area contributed by atoms with E-state index in [9.17, 15) is 0 Å². The van der Waals surface area contributed by atoms with Crippen LogP contribution in [0.25, 0.3) is 61.4 Å². The molecule has 2 atom stereocenters. The van der Waals surface area contributed by atoms with E-state index in [-0.39, 0.29) is 12.0 Å². The molecule has 8 aromatic rings. The molecule has 5 nitrogen and oxygen atoms in total. The number of fused-ring (bicyclic) bond motifs is 6. The van der Waals surface area contributed by atoms with Gasteiger partial charge >= 0.3 is 0 Å². The minimum absolute atomic E-state index is 0.0355. The van der Waals surface area contributed by atoms with Crippen molar-refractivity contribution in [3.8, 4) is 33.9 Å². The first-order valence-electron chi connectivity index (χ1n) is 17.0. The predicted octanol–water partition coefficient (Wildman–Crippen LogP) is 10.7. The summed E-state index contributed by atoms with van der Waals surface area (Å²) in [4.78, 5) is 17.8. The van der Waals surface area contributed by atoms with Crippen molar-refractivity contribution in [1.29, 1.82) is 0 Å². The lowest BCUT2D eigenvalue weighted by Gasteiger charge is -2.29. The normalized spacial score (nSPS) is 16.4. The molecule has 10 rings (SSSR count). The number of anilines is 2. The maximum Gasteiger partial charge on any atom is 0.234 e. The van der Waals surface area contributed by atoms with Crippen molar-refractivity contribution in [1.82, 2.24) is 19.5 Å². The van der Waals surface area contributed by atoms with E-state index in [0.29, 0.717) is 17.6 Å². The van der Waals surface area contributed by atoms with E-state index in [1.807, 2.05) is 24.3 Å². The zero-order chi connectivity index (χ0) is 33.0. The first-order chi connectivity index (χ1) is 24.8. The molecule has 5 heteroatoms. The smallest absolute Gasteiger partial charge is 0.234 e. The highest BCUT2D eigenvalue weighted by atomic mass is 15.3. The number of hydrogen-bond acceptors (Lipinski definition) is 4. The third-order valence-corrected chi connectivity index (χ3v) is 10.00. The third-order valence-electron chi connectivity index (χ3n) is 10.00. The average molecular weight is 642 g/mol. The van der Waals surface area contributed by atoms with Gasteiger partial charge in [0.15, 0.2) is 11.6 Å². The van der Waals surface area contributed by atoms with Crippen LogP contribution in [0.3, 0.4) is 0 Å². The van der Waals surface area contributed by atoms with Crippen molar-refractivity contribution in [3.05, 3.63) is 182 Å². The van der Waals surface area contributed by atoms with Gasteiger partial charge in [-0.05, 0) is 47.0 Å². The molecule has 0 saturated carbocycles. The summed E-state index contributed by atoms with van der Waals surface area (Å²) in [5.74, 6) is 2.08. The maximum absolute atomic E-state index is 5.23. The zero-order valence-electron chi connectivity index (χ0n) is 27.1. The van der Waals surface area contributed by atoms with Crippen LogP contribution in [0.2, 0.25) is 0 Å². The minimum atomic E-state index is -0.0355. The van der Waals surface area contributed by atoms with Crippen LogP contribution < -0.4 is 4.90 Å². The molecular weight excluding hydrogens is 611 g/mol. The Bertz CT molecular complexity index is 2550. The lowest BCUT2D eigenvalue weighted by atomic mass is 9.90. The Labute approximate surface area is 290 Å². The Morgan fingerprint density at radius 2 is 0.980 bits per heavy atom. The summed E-state index contributed by atoms with van der Waals surface area (Å²) in [7, 11) is 0. The summed E-state index contributed by atoms with van der Waals surface area (Å²) >= 11 is 0. The molecule has 0 fully saturated rings. The van der Waals surface area contributed by atoms with Crippen molar-refractivity contribution in [3.63, 3.8) is 0 Å². The second-order valence-corrected chi connectivity index (χ2v) is 12.9. The molecule has 0 amide bonds. The molecule has 2 aromatic heterocycles. The third kappa shape index (κ3) is 4.59. The fourth-order valence-corrected chi connectivity index (χ4v) is 7.67. The molecule has 0 radical (unpaired) electrons. The molecule has 50 heavy (non-hydrogen) atoms. The number of hydrogen-bond donors (Lipinski definition) is 0. The van der Waals surface area contributed by atoms with Crippen molar-refractivity contribution < 1.29 is 0 Å². The molecule has 236 valence electrons. The van der Waals surface area contributed by atoms with E-state index < -0.39 is 0 Å². The molecule has 0 saturated heterocycles. The van der Waals surface area contributed by atoms with Gasteiger partial charge in [0, 0.05) is 39.2 Å². The second-order valence-electron chi connectivity index (χ2n) is 12.9. The van der Waals surface area contributed by atoms with Gasteiger partial charge in [-0.1, -0.05) is 146 Å². The number of para-hydroxylation sites is 3. The van der Waals surface area contributed by atoms with Crippen LogP contribution in [0.5, 0.6) is 0 Å². The van der Waals surface area contributed by atoms with Crippen LogP contribution in [-0.4, -0.2) is 25.6 Å². The molecule has 0 N–H and O–H groups in total. The highest BCUT2D eigenvalue weighted by Crippen LogP contribution is 2.48. The molecule has 1 aliphatic carbocycles. The van der Waals surface area contributed by atoms with Gasteiger partial charge in [0.25, 0.3) is 0 Å². The lowest BCUT2D eigenvalue weighted by molar-refractivity contribution is 0.727. The van der Waals surface area contributed by atoms with Gasteiger partial charge in [0.05, 0.1) is 17.1 Å². The molecule has 3 heterocycles. The van der Waals surface area contributed by atoms with Gasteiger partial charge in [-0.2, -0.15) is 9.97 Å². The number of allylic oxidation sites excluding steroid dienone is 2. The van der Waals surface area contributed by atoms with Crippen LogP contribution in [0.15, 0.2) is 176 Å². The van der Waals surface area contributed by atoms with Gasteiger partial charge < -0.3 is 9.47 Å². The van der Waals surface area contributed by atoms with Crippen LogP contribution in [0.4, 0.5) is 11.6 Å². The summed E-state index contributed by atoms with van der Waals surface area (Å²) in [5, 5.41) is 2.50. The predicted molar refractivity (Wildman–Crippen MR) is 204 cm³/mol. The molecule has 2 unspecified atom stereocenters. The van der Waals surface area contributed by atoms with Crippen LogP contribution >= 0.6 is 0 Å². The fraction of sp³-hybridized carbons (Fsp3) is 0.0444. The van der Waals surface area contributed by atoms with Crippen LogP contribution in [-0.2, 0) is 0 Å². The Kier molecular flexibility index (Phi) is 6.56. The van der Waals surface area contributed by atoms with Gasteiger partial charge in [0.1, 0.15) is 0 Å². The topological polar surface area (TPSA) is 46.8 Å². The van der Waals surface area contributed by atoms with Crippen LogP contribution in [0, 0.1) is 0 Å². The highest BCUT2D eigenvalue weighted by molar-refractivity contribution is 6.10. The monoisotopic (exact) mass is 641 g/mol. The summed E-state index contributed by atoms with van der Waals surface area (Å²) in [6.45, 7) is 0. The van der Waals surface area contributed by atoms with E-state index in [1.165, 1.54) is 32.9 Å². The quantitative estimate of drug-likeness (QED) is 0.188. The van der Waals surface area contributed by atoms with E-state index in [0.717, 1.165) is 28.1 Å². The van der Waals surface area contributed by atoms with Crippen LogP contribution in [0.1, 0.15) is 11.5 Å². The number of nitrogens with zero attached hydrogens (tertiary/aromatic N) is 5. The Balaban J connectivity index is 1.14. The first-order valence-corrected chi connectivity index (χ1v) is 17.0. The SMILES string of the molecule is C1=CC2c3ccccc3N(c3nc(-c4ccccc4)nc(-c4ccc(-c5ccccc5)cc4)n3)C2C=C1n1c2ccccc2c2ccccc21. The van der Waals surface area contributed by atoms with Crippen molar-refractivity contribution >= 4 is 39.1 Å². The van der Waals surface area contributed by atoms with E-state index in [1.54, 1.807) is 0 Å². The van der Waals surface area contributed by atoms with Gasteiger partial charge in [0.2, 0.25) is 5.95 Å². The largest absolute Gasteiger partial charge is 0.310 e. The molecule has 1 aliphatic heterocycles. The van der Waals surface area contributed by atoms with Crippen molar-refractivity contribution in [2.24, 2.45) is 0 Å². The standard InChI is InChI=1S/C45H31N5/c1-3-13-30(14-4-1)31-23-25-33(26-24-31)44-46-43(32-15-5-2-6-16-32)47-45(48-44)50-41-22-12-9-19-37(41)38-28-27-34(29-42(38)50)49-39-20-10-7-17-35(39)36-18-8-11-21-40(36)49/h1-29,38,42H. The summed E-state index contributed by atoms with van der Waals surface area (Å²) < 4.78 is 2.39. The summed E-state index contributed by atoms with van der Waals surface area (Å²) in [6, 6.07) is 55.1. The fourth-order valence-electron chi connectivity index (χ4n) is 7.67. The molecule has 0 bridgehead atoms. The average Bonchev–Trinajstić information content (AvgIpc) is 3.71. The molecule has 6 aromatic carbocycles. The molecule has 0 spiro atoms.